The van der Waals surface area contributed by atoms with Gasteiger partial charge in [0.05, 0.1) is 5.54 Å². The third-order valence-electron chi connectivity index (χ3n) is 3.66. The van der Waals surface area contributed by atoms with Crippen LogP contribution in [0.4, 0.5) is 0 Å². The van der Waals surface area contributed by atoms with Crippen molar-refractivity contribution >= 4 is 12.0 Å². The van der Waals surface area contributed by atoms with Crippen molar-refractivity contribution in [3.8, 4) is 0 Å². The molecule has 0 N–H and O–H groups in total. The van der Waals surface area contributed by atoms with Gasteiger partial charge in [-0.25, -0.2) is 0 Å². The lowest BCUT2D eigenvalue weighted by molar-refractivity contribution is -0.116. The number of hydrogen-bond donors (Lipinski definition) is 0. The number of rotatable bonds is 4. The zero-order valence-corrected chi connectivity index (χ0v) is 11.9. The van der Waals surface area contributed by atoms with Crippen molar-refractivity contribution < 1.29 is 4.79 Å². The molecule has 19 heavy (non-hydrogen) atoms. The summed E-state index contributed by atoms with van der Waals surface area (Å²) in [5.41, 5.74) is 3.63. The fraction of sp³-hybridized carbons (Fsp3) is 0.412. The Bertz CT molecular complexity index is 531. The lowest BCUT2D eigenvalue weighted by atomic mass is 9.80. The summed E-state index contributed by atoms with van der Waals surface area (Å²) >= 11 is 0. The van der Waals surface area contributed by atoms with Crippen molar-refractivity contribution in [2.24, 2.45) is 4.99 Å². The minimum absolute atomic E-state index is 0.101. The van der Waals surface area contributed by atoms with E-state index in [9.17, 15) is 4.79 Å². The molecule has 1 aliphatic heterocycles. The summed E-state index contributed by atoms with van der Waals surface area (Å²) in [6.07, 6.45) is 15.0. The third kappa shape index (κ3) is 3.19. The van der Waals surface area contributed by atoms with Gasteiger partial charge in [-0.1, -0.05) is 31.2 Å². The largest absolute Gasteiger partial charge is 0.300 e. The Kier molecular flexibility index (Phi) is 3.98. The number of carbonyl (C=O) groups is 1. The molecule has 0 aromatic carbocycles. The summed E-state index contributed by atoms with van der Waals surface area (Å²) in [5.74, 6) is 0.195. The molecule has 1 atom stereocenters. The Labute approximate surface area is 115 Å². The standard InChI is InChI=1S/C17H21NO/c1-4-14-10-16-11-15(7-5-6-13(2)19)8-9-17(16,3)18-12-14/h5,7-8,10-12H,4,6,9H2,1-3H3/b7-5+. The van der Waals surface area contributed by atoms with Crippen molar-refractivity contribution in [1.82, 2.24) is 0 Å². The van der Waals surface area contributed by atoms with Gasteiger partial charge in [0.15, 0.2) is 0 Å². The van der Waals surface area contributed by atoms with Crippen LogP contribution in [0.25, 0.3) is 0 Å². The topological polar surface area (TPSA) is 29.4 Å². The molecule has 0 aromatic rings. The number of dihydropyridines is 1. The van der Waals surface area contributed by atoms with Crippen LogP contribution in [0.2, 0.25) is 0 Å². The summed E-state index contributed by atoms with van der Waals surface area (Å²) in [5, 5.41) is 0. The minimum atomic E-state index is -0.101. The molecule has 0 saturated heterocycles. The van der Waals surface area contributed by atoms with Gasteiger partial charge in [0.2, 0.25) is 0 Å². The third-order valence-corrected chi connectivity index (χ3v) is 3.66. The Morgan fingerprint density at radius 1 is 1.47 bits per heavy atom. The van der Waals surface area contributed by atoms with Crippen LogP contribution in [0.1, 0.15) is 40.0 Å². The number of hydrogen-bond acceptors (Lipinski definition) is 2. The van der Waals surface area contributed by atoms with Gasteiger partial charge < -0.3 is 0 Å². The summed E-state index contributed by atoms with van der Waals surface area (Å²) in [6.45, 7) is 5.93. The van der Waals surface area contributed by atoms with E-state index in [0.29, 0.717) is 6.42 Å². The average Bonchev–Trinajstić information content (AvgIpc) is 2.38. The number of carbonyl (C=O) groups excluding carboxylic acids is 1. The van der Waals surface area contributed by atoms with Gasteiger partial charge in [-0.3, -0.25) is 9.79 Å². The Morgan fingerprint density at radius 3 is 2.95 bits per heavy atom. The summed E-state index contributed by atoms with van der Waals surface area (Å²) in [6, 6.07) is 0. The first kappa shape index (κ1) is 13.7. The van der Waals surface area contributed by atoms with Crippen LogP contribution in [-0.4, -0.2) is 17.5 Å². The molecule has 0 radical (unpaired) electrons. The second-order valence-electron chi connectivity index (χ2n) is 5.42. The zero-order chi connectivity index (χ0) is 13.9. The molecule has 0 spiro atoms. The number of fused-ring (bicyclic) bond motifs is 1. The highest BCUT2D eigenvalue weighted by Crippen LogP contribution is 2.35. The summed E-state index contributed by atoms with van der Waals surface area (Å²) in [4.78, 5) is 15.6. The molecule has 2 aliphatic rings. The lowest BCUT2D eigenvalue weighted by Crippen LogP contribution is -2.28. The van der Waals surface area contributed by atoms with Crippen LogP contribution in [0.3, 0.4) is 0 Å². The fourth-order valence-electron chi connectivity index (χ4n) is 2.29. The molecule has 2 rings (SSSR count). The predicted molar refractivity (Wildman–Crippen MR) is 80.5 cm³/mol. The first-order valence-electron chi connectivity index (χ1n) is 6.87. The highest BCUT2D eigenvalue weighted by Gasteiger charge is 2.30. The molecule has 2 heteroatoms. The number of aliphatic imine (C=N–C) groups is 1. The highest BCUT2D eigenvalue weighted by molar-refractivity contribution is 5.82. The van der Waals surface area contributed by atoms with Crippen molar-refractivity contribution in [2.75, 3.05) is 0 Å². The molecule has 0 fully saturated rings. The van der Waals surface area contributed by atoms with Gasteiger partial charge in [0.1, 0.15) is 5.78 Å². The van der Waals surface area contributed by atoms with Gasteiger partial charge in [-0.2, -0.15) is 0 Å². The van der Waals surface area contributed by atoms with Crippen LogP contribution < -0.4 is 0 Å². The molecule has 0 aromatic heterocycles. The van der Waals surface area contributed by atoms with Gasteiger partial charge in [0, 0.05) is 12.6 Å². The smallest absolute Gasteiger partial charge is 0.133 e. The number of allylic oxidation sites excluding steroid dienone is 5. The normalized spacial score (nSPS) is 25.7. The molecule has 1 unspecified atom stereocenters. The van der Waals surface area contributed by atoms with Gasteiger partial charge in [-0.05, 0) is 49.5 Å². The van der Waals surface area contributed by atoms with E-state index in [1.165, 1.54) is 16.7 Å². The van der Waals surface area contributed by atoms with Gasteiger partial charge in [-0.15, -0.1) is 0 Å². The summed E-state index contributed by atoms with van der Waals surface area (Å²) in [7, 11) is 0. The Balaban J connectivity index is 2.19. The molecule has 2 nitrogen and oxygen atoms in total. The predicted octanol–water partition coefficient (Wildman–Crippen LogP) is 3.96. The fourth-order valence-corrected chi connectivity index (χ4v) is 2.29. The van der Waals surface area contributed by atoms with Crippen molar-refractivity contribution in [2.45, 2.75) is 45.6 Å². The molecule has 0 saturated carbocycles. The van der Waals surface area contributed by atoms with E-state index in [2.05, 4.69) is 32.1 Å². The monoisotopic (exact) mass is 255 g/mol. The number of Topliss-reactive ketones (excluding diaryl/α,β-unsaturated/α-hetero) is 1. The van der Waals surface area contributed by atoms with E-state index in [4.69, 9.17) is 4.99 Å². The Morgan fingerprint density at radius 2 is 2.26 bits per heavy atom. The molecule has 1 heterocycles. The first-order valence-corrected chi connectivity index (χ1v) is 6.87. The van der Waals surface area contributed by atoms with E-state index in [0.717, 1.165) is 12.8 Å². The van der Waals surface area contributed by atoms with Crippen molar-refractivity contribution in [3.05, 3.63) is 47.1 Å². The minimum Gasteiger partial charge on any atom is -0.300 e. The molecular weight excluding hydrogens is 234 g/mol. The maximum Gasteiger partial charge on any atom is 0.133 e. The van der Waals surface area contributed by atoms with Crippen LogP contribution in [0.5, 0.6) is 0 Å². The van der Waals surface area contributed by atoms with E-state index < -0.39 is 0 Å². The van der Waals surface area contributed by atoms with E-state index in [-0.39, 0.29) is 11.3 Å². The SMILES string of the molecule is CCC1=CC2=CC(/C=C/CC(C)=O)=CCC2(C)N=C1. The summed E-state index contributed by atoms with van der Waals surface area (Å²) < 4.78 is 0. The number of nitrogens with zero attached hydrogens (tertiary/aromatic N) is 1. The first-order chi connectivity index (χ1) is 9.03. The molecule has 100 valence electrons. The van der Waals surface area contributed by atoms with Crippen molar-refractivity contribution in [3.63, 3.8) is 0 Å². The average molecular weight is 255 g/mol. The molecule has 0 amide bonds. The Hall–Kier alpha value is -1.70. The van der Waals surface area contributed by atoms with Crippen LogP contribution in [0, 0.1) is 0 Å². The maximum absolute atomic E-state index is 10.9. The molecular formula is C17H21NO. The highest BCUT2D eigenvalue weighted by atomic mass is 16.1. The van der Waals surface area contributed by atoms with Crippen LogP contribution >= 0.6 is 0 Å². The lowest BCUT2D eigenvalue weighted by Gasteiger charge is -2.32. The molecule has 0 bridgehead atoms. The van der Waals surface area contributed by atoms with Gasteiger partial charge in [0.25, 0.3) is 0 Å². The van der Waals surface area contributed by atoms with E-state index in [1.807, 2.05) is 18.4 Å². The van der Waals surface area contributed by atoms with Gasteiger partial charge >= 0.3 is 0 Å². The zero-order valence-electron chi connectivity index (χ0n) is 11.9. The van der Waals surface area contributed by atoms with Crippen LogP contribution in [0.15, 0.2) is 52.1 Å². The second kappa shape index (κ2) is 5.52. The van der Waals surface area contributed by atoms with Crippen LogP contribution in [-0.2, 0) is 4.79 Å². The van der Waals surface area contributed by atoms with E-state index in [1.54, 1.807) is 6.92 Å². The quantitative estimate of drug-likeness (QED) is 0.747. The second-order valence-corrected chi connectivity index (χ2v) is 5.42. The van der Waals surface area contributed by atoms with Crippen molar-refractivity contribution in [1.29, 1.82) is 0 Å². The maximum atomic E-state index is 10.9. The number of ketones is 1. The molecule has 1 aliphatic carbocycles. The van der Waals surface area contributed by atoms with E-state index >= 15 is 0 Å².